The Balaban J connectivity index is 2.15. The van der Waals surface area contributed by atoms with E-state index in [0.29, 0.717) is 6.42 Å². The number of aromatic nitrogens is 1. The van der Waals surface area contributed by atoms with Crippen LogP contribution in [-0.4, -0.2) is 27.6 Å². The molecule has 118 valence electrons. The van der Waals surface area contributed by atoms with Gasteiger partial charge in [-0.25, -0.2) is 4.79 Å². The van der Waals surface area contributed by atoms with Crippen LogP contribution in [0.1, 0.15) is 25.8 Å². The number of benzene rings is 1. The summed E-state index contributed by atoms with van der Waals surface area (Å²) < 4.78 is 1.97. The molecule has 5 nitrogen and oxygen atoms in total. The van der Waals surface area contributed by atoms with Gasteiger partial charge in [-0.1, -0.05) is 38.5 Å². The minimum atomic E-state index is -0.986. The van der Waals surface area contributed by atoms with Crippen molar-refractivity contribution in [3.63, 3.8) is 0 Å². The normalized spacial score (nSPS) is 13.8. The summed E-state index contributed by atoms with van der Waals surface area (Å²) >= 11 is 0. The molecule has 0 fully saturated rings. The highest BCUT2D eigenvalue weighted by Gasteiger charge is 2.25. The number of amides is 1. The molecule has 2 unspecified atom stereocenters. The molecule has 2 rings (SSSR count). The second kappa shape index (κ2) is 6.64. The number of nitrogens with one attached hydrogen (secondary N) is 1. The van der Waals surface area contributed by atoms with Crippen LogP contribution in [-0.2, 0) is 23.1 Å². The summed E-state index contributed by atoms with van der Waals surface area (Å²) in [5, 5.41) is 12.9. The summed E-state index contributed by atoms with van der Waals surface area (Å²) in [6.45, 7) is 3.74. The second-order valence-electron chi connectivity index (χ2n) is 5.73. The molecule has 22 heavy (non-hydrogen) atoms. The summed E-state index contributed by atoms with van der Waals surface area (Å²) in [4.78, 5) is 23.5. The average Bonchev–Trinajstić information content (AvgIpc) is 2.80. The first-order valence-electron chi connectivity index (χ1n) is 7.49. The van der Waals surface area contributed by atoms with Crippen LogP contribution in [0.5, 0.6) is 0 Å². The van der Waals surface area contributed by atoms with E-state index >= 15 is 0 Å². The lowest BCUT2D eigenvalue weighted by Crippen LogP contribution is -2.45. The Morgan fingerprint density at radius 3 is 2.64 bits per heavy atom. The molecule has 1 heterocycles. The quantitative estimate of drug-likeness (QED) is 0.860. The monoisotopic (exact) mass is 302 g/mol. The predicted octanol–water partition coefficient (Wildman–Crippen LogP) is 2.34. The van der Waals surface area contributed by atoms with Crippen molar-refractivity contribution in [1.82, 2.24) is 9.88 Å². The molecule has 2 atom stereocenters. The zero-order chi connectivity index (χ0) is 16.3. The van der Waals surface area contributed by atoms with E-state index in [1.54, 1.807) is 0 Å². The van der Waals surface area contributed by atoms with Crippen LogP contribution in [0.15, 0.2) is 30.5 Å². The number of hydrogen-bond acceptors (Lipinski definition) is 2. The highest BCUT2D eigenvalue weighted by molar-refractivity contribution is 5.91. The molecule has 0 saturated heterocycles. The van der Waals surface area contributed by atoms with Crippen LogP contribution in [0.3, 0.4) is 0 Å². The van der Waals surface area contributed by atoms with E-state index in [-0.39, 0.29) is 18.2 Å². The number of carboxylic acids is 1. The fraction of sp³-hybridized carbons (Fsp3) is 0.412. The molecule has 5 heteroatoms. The molecule has 1 amide bonds. The number of carbonyl (C=O) groups excluding carboxylic acids is 1. The lowest BCUT2D eigenvalue weighted by atomic mass is 9.99. The Labute approximate surface area is 129 Å². The Morgan fingerprint density at radius 1 is 1.32 bits per heavy atom. The maximum absolute atomic E-state index is 12.2. The number of fused-ring (bicyclic) bond motifs is 1. The summed E-state index contributed by atoms with van der Waals surface area (Å²) in [6, 6.07) is 7.02. The summed E-state index contributed by atoms with van der Waals surface area (Å²) in [7, 11) is 1.93. The van der Waals surface area contributed by atoms with Gasteiger partial charge in [-0.05, 0) is 17.5 Å². The third kappa shape index (κ3) is 3.30. The third-order valence-corrected chi connectivity index (χ3v) is 4.13. The van der Waals surface area contributed by atoms with Gasteiger partial charge in [0.1, 0.15) is 6.04 Å². The van der Waals surface area contributed by atoms with Crippen LogP contribution in [0.4, 0.5) is 0 Å². The molecule has 0 saturated carbocycles. The highest BCUT2D eigenvalue weighted by Crippen LogP contribution is 2.20. The minimum Gasteiger partial charge on any atom is -0.480 e. The summed E-state index contributed by atoms with van der Waals surface area (Å²) in [5.74, 6) is -1.35. The average molecular weight is 302 g/mol. The van der Waals surface area contributed by atoms with Gasteiger partial charge in [0, 0.05) is 24.1 Å². The van der Waals surface area contributed by atoms with Crippen molar-refractivity contribution in [2.75, 3.05) is 0 Å². The lowest BCUT2D eigenvalue weighted by Gasteiger charge is -2.20. The maximum Gasteiger partial charge on any atom is 0.326 e. The topological polar surface area (TPSA) is 71.3 Å². The first-order chi connectivity index (χ1) is 10.4. The van der Waals surface area contributed by atoms with Crippen LogP contribution >= 0.6 is 0 Å². The van der Waals surface area contributed by atoms with E-state index in [2.05, 4.69) is 5.32 Å². The predicted molar refractivity (Wildman–Crippen MR) is 85.6 cm³/mol. The number of carboxylic acid groups (broad SMARTS) is 1. The van der Waals surface area contributed by atoms with Gasteiger partial charge >= 0.3 is 5.97 Å². The van der Waals surface area contributed by atoms with Crippen LogP contribution in [0.2, 0.25) is 0 Å². The van der Waals surface area contributed by atoms with Crippen molar-refractivity contribution >= 4 is 22.8 Å². The number of nitrogens with zero attached hydrogens (tertiary/aromatic N) is 1. The number of rotatable bonds is 6. The molecular weight excluding hydrogens is 280 g/mol. The van der Waals surface area contributed by atoms with Crippen molar-refractivity contribution < 1.29 is 14.7 Å². The number of para-hydroxylation sites is 1. The minimum absolute atomic E-state index is 0.103. The molecular formula is C17H22N2O3. The second-order valence-corrected chi connectivity index (χ2v) is 5.73. The molecule has 0 radical (unpaired) electrons. The van der Waals surface area contributed by atoms with E-state index < -0.39 is 12.0 Å². The lowest BCUT2D eigenvalue weighted by molar-refractivity contribution is -0.143. The standard InChI is InChI=1S/C17H22N2O3/c1-4-11(2)16(17(21)22)18-15(20)9-12-10-19(3)14-8-6-5-7-13(12)14/h5-8,10-11,16H,4,9H2,1-3H3,(H,18,20)(H,21,22). The molecule has 0 aliphatic carbocycles. The largest absolute Gasteiger partial charge is 0.480 e. The van der Waals surface area contributed by atoms with Crippen molar-refractivity contribution in [2.45, 2.75) is 32.7 Å². The molecule has 1 aromatic heterocycles. The first kappa shape index (κ1) is 16.1. The van der Waals surface area contributed by atoms with Gasteiger partial charge in [-0.3, -0.25) is 4.79 Å². The van der Waals surface area contributed by atoms with E-state index in [1.165, 1.54) is 0 Å². The number of hydrogen-bond donors (Lipinski definition) is 2. The van der Waals surface area contributed by atoms with Gasteiger partial charge in [-0.2, -0.15) is 0 Å². The Bertz CT molecular complexity index is 690. The molecule has 0 bridgehead atoms. The van der Waals surface area contributed by atoms with Gasteiger partial charge in [0.15, 0.2) is 0 Å². The van der Waals surface area contributed by atoms with Crippen LogP contribution in [0.25, 0.3) is 10.9 Å². The molecule has 0 aliphatic rings. The van der Waals surface area contributed by atoms with E-state index in [9.17, 15) is 14.7 Å². The van der Waals surface area contributed by atoms with Crippen LogP contribution in [0, 0.1) is 5.92 Å². The fourth-order valence-electron chi connectivity index (χ4n) is 2.65. The molecule has 1 aromatic carbocycles. The molecule has 0 aliphatic heterocycles. The summed E-state index contributed by atoms with van der Waals surface area (Å²) in [5.41, 5.74) is 1.96. The number of aryl methyl sites for hydroxylation is 1. The zero-order valence-electron chi connectivity index (χ0n) is 13.2. The van der Waals surface area contributed by atoms with Gasteiger partial charge in [0.25, 0.3) is 0 Å². The maximum atomic E-state index is 12.2. The molecule has 0 spiro atoms. The highest BCUT2D eigenvalue weighted by atomic mass is 16.4. The zero-order valence-corrected chi connectivity index (χ0v) is 13.2. The number of carbonyl (C=O) groups is 2. The smallest absolute Gasteiger partial charge is 0.326 e. The van der Waals surface area contributed by atoms with E-state index in [1.807, 2.05) is 55.9 Å². The van der Waals surface area contributed by atoms with Crippen LogP contribution < -0.4 is 5.32 Å². The van der Waals surface area contributed by atoms with Gasteiger partial charge < -0.3 is 15.0 Å². The van der Waals surface area contributed by atoms with Gasteiger partial charge in [0.2, 0.25) is 5.91 Å². The fourth-order valence-corrected chi connectivity index (χ4v) is 2.65. The van der Waals surface area contributed by atoms with Crippen molar-refractivity contribution in [3.05, 3.63) is 36.0 Å². The van der Waals surface area contributed by atoms with Crippen molar-refractivity contribution in [3.8, 4) is 0 Å². The van der Waals surface area contributed by atoms with Gasteiger partial charge in [-0.15, -0.1) is 0 Å². The Morgan fingerprint density at radius 2 is 2.00 bits per heavy atom. The summed E-state index contributed by atoms with van der Waals surface area (Å²) in [6.07, 6.45) is 2.80. The van der Waals surface area contributed by atoms with Crippen molar-refractivity contribution in [2.24, 2.45) is 13.0 Å². The van der Waals surface area contributed by atoms with Gasteiger partial charge in [0.05, 0.1) is 6.42 Å². The Kier molecular flexibility index (Phi) is 4.85. The first-order valence-corrected chi connectivity index (χ1v) is 7.49. The molecule has 2 aromatic rings. The number of aliphatic carboxylic acids is 1. The van der Waals surface area contributed by atoms with E-state index in [4.69, 9.17) is 0 Å². The van der Waals surface area contributed by atoms with E-state index in [0.717, 1.165) is 16.5 Å². The Hall–Kier alpha value is -2.30. The SMILES string of the molecule is CCC(C)C(NC(=O)Cc1cn(C)c2ccccc12)C(=O)O. The molecule has 2 N–H and O–H groups in total. The third-order valence-electron chi connectivity index (χ3n) is 4.13. The van der Waals surface area contributed by atoms with Crippen molar-refractivity contribution in [1.29, 1.82) is 0 Å².